The second-order valence-corrected chi connectivity index (χ2v) is 9.03. The molecule has 0 aromatic heterocycles. The maximum absolute atomic E-state index is 4.13. The lowest BCUT2D eigenvalue weighted by molar-refractivity contribution is 0.522. The highest BCUT2D eigenvalue weighted by molar-refractivity contribution is 5.33. The van der Waals surface area contributed by atoms with Crippen molar-refractivity contribution in [3.63, 3.8) is 0 Å². The summed E-state index contributed by atoms with van der Waals surface area (Å²) in [6, 6.07) is 10.4. The average molecular weight is 428 g/mol. The Morgan fingerprint density at radius 1 is 0.581 bits per heavy atom. The molecule has 0 aliphatic rings. The monoisotopic (exact) mass is 427 g/mol. The highest BCUT2D eigenvalue weighted by Gasteiger charge is 1.96. The van der Waals surface area contributed by atoms with E-state index in [0.29, 0.717) is 0 Å². The van der Waals surface area contributed by atoms with Crippen LogP contribution in [0.1, 0.15) is 135 Å². The molecule has 0 amide bonds. The van der Waals surface area contributed by atoms with Crippen LogP contribution in [0, 0.1) is 6.07 Å². The quantitative estimate of drug-likeness (QED) is 0.100. The molecule has 0 saturated heterocycles. The van der Waals surface area contributed by atoms with E-state index in [1.54, 1.807) is 0 Å². The van der Waals surface area contributed by atoms with E-state index in [4.69, 9.17) is 0 Å². The third-order valence-electron chi connectivity index (χ3n) is 6.04. The molecule has 1 rings (SSSR count). The summed E-state index contributed by atoms with van der Waals surface area (Å²) in [6.07, 6.45) is 28.2. The molecular weight excluding hydrogens is 378 g/mol. The summed E-state index contributed by atoms with van der Waals surface area (Å²) in [5, 5.41) is 8.20. The van der Waals surface area contributed by atoms with E-state index in [0.717, 1.165) is 18.7 Å². The molecule has 0 aliphatic carbocycles. The van der Waals surface area contributed by atoms with Gasteiger partial charge in [-0.1, -0.05) is 141 Å². The van der Waals surface area contributed by atoms with Gasteiger partial charge in [0.2, 0.25) is 4.91 Å². The molecule has 0 fully saturated rings. The van der Waals surface area contributed by atoms with E-state index >= 15 is 0 Å². The van der Waals surface area contributed by atoms with Crippen LogP contribution in [0.3, 0.4) is 0 Å². The van der Waals surface area contributed by atoms with Crippen LogP contribution in [0.2, 0.25) is 0 Å². The zero-order valence-electron chi connectivity index (χ0n) is 20.5. The van der Waals surface area contributed by atoms with E-state index in [1.807, 2.05) is 24.3 Å². The molecule has 1 radical (unpaired) electrons. The molecule has 3 nitrogen and oxygen atoms in total. The van der Waals surface area contributed by atoms with Crippen molar-refractivity contribution in [2.75, 3.05) is 6.54 Å². The Labute approximate surface area is 193 Å². The minimum absolute atomic E-state index is 0.793. The van der Waals surface area contributed by atoms with Gasteiger partial charge in [-0.15, -0.1) is 0 Å². The number of benzene rings is 1. The van der Waals surface area contributed by atoms with E-state index in [1.165, 1.54) is 122 Å². The number of rotatable bonds is 22. The van der Waals surface area contributed by atoms with E-state index in [9.17, 15) is 0 Å². The lowest BCUT2D eigenvalue weighted by Gasteiger charge is -2.03. The summed E-state index contributed by atoms with van der Waals surface area (Å²) < 4.78 is 0. The number of nitrogens with zero attached hydrogens (tertiary/aromatic N) is 3. The Hall–Kier alpha value is -1.47. The van der Waals surface area contributed by atoms with Crippen molar-refractivity contribution in [1.29, 1.82) is 0 Å². The Kier molecular flexibility index (Phi) is 20.6. The van der Waals surface area contributed by atoms with E-state index < -0.39 is 0 Å². The van der Waals surface area contributed by atoms with Gasteiger partial charge in [-0.3, -0.25) is 0 Å². The number of unbranched alkanes of at least 4 members (excludes halogenated alkanes) is 19. The van der Waals surface area contributed by atoms with Gasteiger partial charge < -0.3 is 0 Å². The van der Waals surface area contributed by atoms with E-state index in [2.05, 4.69) is 28.1 Å². The van der Waals surface area contributed by atoms with Gasteiger partial charge in [0.05, 0.1) is 0 Å². The van der Waals surface area contributed by atoms with Crippen LogP contribution in [-0.4, -0.2) is 6.54 Å². The topological polar surface area (TPSA) is 38.8 Å². The molecule has 1 aromatic carbocycles. The average Bonchev–Trinajstić information content (AvgIpc) is 2.80. The second kappa shape index (κ2) is 23.2. The Morgan fingerprint density at radius 3 is 1.39 bits per heavy atom. The molecule has 0 spiro atoms. The minimum Gasteiger partial charge on any atom is -0.0654 e. The molecule has 0 N–H and O–H groups in total. The van der Waals surface area contributed by atoms with Gasteiger partial charge in [-0.25, -0.2) is 0 Å². The van der Waals surface area contributed by atoms with Crippen LogP contribution >= 0.6 is 0 Å². The standard InChI is InChI=1S/C28H49N3/c1-2-3-4-5-6-7-8-9-10-11-12-13-14-15-16-17-18-19-20-24-27-29-31-30-28-25-22-21-23-26-28/h22-23,25-26H,2-20,24,27H2,1H3/q+1. The summed E-state index contributed by atoms with van der Waals surface area (Å²) >= 11 is 0. The van der Waals surface area contributed by atoms with Crippen LogP contribution in [-0.2, 0) is 0 Å². The highest BCUT2D eigenvalue weighted by atomic mass is 15.2. The van der Waals surface area contributed by atoms with Crippen molar-refractivity contribution in [2.24, 2.45) is 10.2 Å². The number of hydrogen-bond donors (Lipinski definition) is 0. The van der Waals surface area contributed by atoms with Gasteiger partial charge in [0.15, 0.2) is 10.8 Å². The first-order valence-electron chi connectivity index (χ1n) is 13.5. The minimum atomic E-state index is 0.793. The lowest BCUT2D eigenvalue weighted by atomic mass is 10.0. The zero-order valence-corrected chi connectivity index (χ0v) is 20.5. The third kappa shape index (κ3) is 20.2. The molecule has 0 bridgehead atoms. The van der Waals surface area contributed by atoms with E-state index in [-0.39, 0.29) is 0 Å². The SMILES string of the molecule is CCCCCCCCCCCCCCCCCCCCCCN=[N+]=Nc1cc[c]cc1. The molecule has 0 heterocycles. The maximum atomic E-state index is 4.13. The molecule has 1 aromatic rings. The fraction of sp³-hybridized carbons (Fsp3) is 0.786. The first-order valence-corrected chi connectivity index (χ1v) is 13.5. The smallest absolute Gasteiger partial charge is 0.0654 e. The van der Waals surface area contributed by atoms with Crippen LogP contribution in [0.5, 0.6) is 0 Å². The van der Waals surface area contributed by atoms with Gasteiger partial charge in [0.1, 0.15) is 11.7 Å². The molecule has 3 heteroatoms. The van der Waals surface area contributed by atoms with Crippen molar-refractivity contribution < 1.29 is 0 Å². The predicted molar refractivity (Wildman–Crippen MR) is 135 cm³/mol. The molecule has 0 atom stereocenters. The highest BCUT2D eigenvalue weighted by Crippen LogP contribution is 2.14. The summed E-state index contributed by atoms with van der Waals surface area (Å²) in [5.41, 5.74) is 0.839. The Balaban J connectivity index is 1.71. The van der Waals surface area contributed by atoms with Crippen LogP contribution in [0.25, 0.3) is 0 Å². The van der Waals surface area contributed by atoms with Crippen LogP contribution < -0.4 is 4.91 Å². The Morgan fingerprint density at radius 2 is 0.968 bits per heavy atom. The fourth-order valence-electron chi connectivity index (χ4n) is 4.01. The van der Waals surface area contributed by atoms with Crippen molar-refractivity contribution in [3.05, 3.63) is 30.3 Å². The Bertz CT molecular complexity index is 534. The summed E-state index contributed by atoms with van der Waals surface area (Å²) in [5.74, 6) is 0. The first-order chi connectivity index (χ1) is 15.4. The van der Waals surface area contributed by atoms with Crippen LogP contribution in [0.4, 0.5) is 5.69 Å². The summed E-state index contributed by atoms with van der Waals surface area (Å²) in [4.78, 5) is 3.90. The van der Waals surface area contributed by atoms with Gasteiger partial charge in [0.25, 0.3) is 0 Å². The van der Waals surface area contributed by atoms with Gasteiger partial charge in [0, 0.05) is 0 Å². The van der Waals surface area contributed by atoms with Gasteiger partial charge >= 0.3 is 0 Å². The normalized spacial score (nSPS) is 10.7. The van der Waals surface area contributed by atoms with Crippen molar-refractivity contribution in [2.45, 2.75) is 135 Å². The molecule has 175 valence electrons. The molecular formula is C28H49N3+. The fourth-order valence-corrected chi connectivity index (χ4v) is 4.01. The molecule has 0 unspecified atom stereocenters. The van der Waals surface area contributed by atoms with Crippen molar-refractivity contribution in [1.82, 2.24) is 4.91 Å². The molecule has 0 saturated carbocycles. The summed E-state index contributed by atoms with van der Waals surface area (Å²) in [7, 11) is 0. The number of hydrogen-bond acceptors (Lipinski definition) is 2. The maximum Gasteiger partial charge on any atom is 0.222 e. The van der Waals surface area contributed by atoms with Crippen molar-refractivity contribution in [3.8, 4) is 0 Å². The van der Waals surface area contributed by atoms with Crippen molar-refractivity contribution >= 4 is 5.69 Å². The zero-order chi connectivity index (χ0) is 22.1. The summed E-state index contributed by atoms with van der Waals surface area (Å²) in [6.45, 7) is 3.09. The third-order valence-corrected chi connectivity index (χ3v) is 6.04. The first kappa shape index (κ1) is 27.6. The molecule has 31 heavy (non-hydrogen) atoms. The largest absolute Gasteiger partial charge is 0.222 e. The molecule has 0 aliphatic heterocycles. The lowest BCUT2D eigenvalue weighted by Crippen LogP contribution is -1.85. The predicted octanol–water partition coefficient (Wildman–Crippen LogP) is 9.91. The van der Waals surface area contributed by atoms with Gasteiger partial charge in [-0.05, 0) is 24.6 Å². The van der Waals surface area contributed by atoms with Gasteiger partial charge in [-0.2, -0.15) is 0 Å². The van der Waals surface area contributed by atoms with Crippen LogP contribution in [0.15, 0.2) is 34.5 Å². The second-order valence-electron chi connectivity index (χ2n) is 9.03.